The van der Waals surface area contributed by atoms with Crippen LogP contribution in [0.3, 0.4) is 0 Å². The van der Waals surface area contributed by atoms with Crippen LogP contribution in [0.1, 0.15) is 0 Å². The van der Waals surface area contributed by atoms with Crippen LogP contribution in [0.5, 0.6) is 0 Å². The van der Waals surface area contributed by atoms with E-state index in [2.05, 4.69) is 27.7 Å². The molecule has 4 heteroatoms. The number of nitrogens with zero attached hydrogens (tertiary/aromatic N) is 1. The van der Waals surface area contributed by atoms with Crippen molar-refractivity contribution in [3.05, 3.63) is 24.3 Å². The molecule has 1 aromatic rings. The lowest BCUT2D eigenvalue weighted by molar-refractivity contribution is 0.180. The number of benzene rings is 1. The Bertz CT molecular complexity index is 329. The van der Waals surface area contributed by atoms with Crippen molar-refractivity contribution in [2.24, 2.45) is 0 Å². The fourth-order valence-electron chi connectivity index (χ4n) is 1.88. The average Bonchev–Trinajstić information content (AvgIpc) is 2.62. The van der Waals surface area contributed by atoms with Gasteiger partial charge in [0.25, 0.3) is 0 Å². The highest BCUT2D eigenvalue weighted by atomic mass is 16.3. The number of aliphatic hydroxyl groups is 1. The van der Waals surface area contributed by atoms with Gasteiger partial charge in [-0.25, -0.2) is 0 Å². The van der Waals surface area contributed by atoms with Gasteiger partial charge in [-0.3, -0.25) is 0 Å². The van der Waals surface area contributed by atoms with Gasteiger partial charge in [0.1, 0.15) is 0 Å². The van der Waals surface area contributed by atoms with Crippen LogP contribution >= 0.6 is 0 Å². The van der Waals surface area contributed by atoms with E-state index in [9.17, 15) is 5.11 Å². The third kappa shape index (κ3) is 2.22. The highest BCUT2D eigenvalue weighted by Gasteiger charge is 2.19. The number of anilines is 2. The standard InChI is InChI=1S/C11H17N3O/c1-12-6-9(15)7-14-8-13-10-4-2-3-5-11(10)14/h2-5,9,12-13,15H,6-8H2,1H3/t9-/m1/s1. The van der Waals surface area contributed by atoms with Crippen LogP contribution in [-0.2, 0) is 0 Å². The first kappa shape index (κ1) is 10.3. The Morgan fingerprint density at radius 3 is 3.13 bits per heavy atom. The van der Waals surface area contributed by atoms with E-state index in [4.69, 9.17) is 0 Å². The largest absolute Gasteiger partial charge is 0.390 e. The minimum absolute atomic E-state index is 0.331. The van der Waals surface area contributed by atoms with Gasteiger partial charge in [-0.1, -0.05) is 12.1 Å². The van der Waals surface area contributed by atoms with Gasteiger partial charge in [-0.15, -0.1) is 0 Å². The molecule has 3 N–H and O–H groups in total. The zero-order valence-corrected chi connectivity index (χ0v) is 8.90. The summed E-state index contributed by atoms with van der Waals surface area (Å²) in [6.45, 7) is 2.06. The molecule has 0 unspecified atom stereocenters. The first-order valence-electron chi connectivity index (χ1n) is 5.22. The van der Waals surface area contributed by atoms with Gasteiger partial charge < -0.3 is 20.6 Å². The van der Waals surface area contributed by atoms with E-state index < -0.39 is 0 Å². The Balaban J connectivity index is 2.01. The SMILES string of the molecule is CNC[C@@H](O)CN1CNc2ccccc21. The highest BCUT2D eigenvalue weighted by molar-refractivity contribution is 5.74. The molecule has 0 fully saturated rings. The molecular formula is C11H17N3O. The van der Waals surface area contributed by atoms with Crippen LogP contribution < -0.4 is 15.5 Å². The molecule has 1 aliphatic rings. The summed E-state index contributed by atoms with van der Waals surface area (Å²) in [5, 5.41) is 16.0. The van der Waals surface area contributed by atoms with E-state index in [-0.39, 0.29) is 6.10 Å². The number of nitrogens with one attached hydrogen (secondary N) is 2. The predicted molar refractivity (Wildman–Crippen MR) is 62.2 cm³/mol. The summed E-state index contributed by atoms with van der Waals surface area (Å²) >= 11 is 0. The molecule has 1 atom stereocenters. The third-order valence-electron chi connectivity index (χ3n) is 2.58. The van der Waals surface area contributed by atoms with Crippen LogP contribution in [0.15, 0.2) is 24.3 Å². The first-order chi connectivity index (χ1) is 7.31. The second-order valence-electron chi connectivity index (χ2n) is 3.79. The van der Waals surface area contributed by atoms with Crippen LogP contribution in [0, 0.1) is 0 Å². The third-order valence-corrected chi connectivity index (χ3v) is 2.58. The lowest BCUT2D eigenvalue weighted by Crippen LogP contribution is -2.37. The quantitative estimate of drug-likeness (QED) is 0.671. The predicted octanol–water partition coefficient (Wildman–Crippen LogP) is 0.456. The smallest absolute Gasteiger partial charge is 0.0878 e. The van der Waals surface area contributed by atoms with Crippen molar-refractivity contribution >= 4 is 11.4 Å². The topological polar surface area (TPSA) is 47.5 Å². The molecule has 1 heterocycles. The van der Waals surface area contributed by atoms with E-state index in [0.29, 0.717) is 13.1 Å². The van der Waals surface area contributed by atoms with Crippen LogP contribution in [0.2, 0.25) is 0 Å². The number of likely N-dealkylation sites (N-methyl/N-ethyl adjacent to an activating group) is 1. The Labute approximate surface area is 89.9 Å². The number of rotatable bonds is 4. The number of aliphatic hydroxyl groups excluding tert-OH is 1. The van der Waals surface area contributed by atoms with Crippen LogP contribution in [0.25, 0.3) is 0 Å². The van der Waals surface area contributed by atoms with Gasteiger partial charge in [0.2, 0.25) is 0 Å². The normalized spacial score (nSPS) is 16.0. The number of hydrogen-bond donors (Lipinski definition) is 3. The van der Waals surface area contributed by atoms with Crippen molar-refractivity contribution in [2.45, 2.75) is 6.10 Å². The van der Waals surface area contributed by atoms with E-state index in [1.165, 1.54) is 5.69 Å². The van der Waals surface area contributed by atoms with Gasteiger partial charge in [-0.05, 0) is 19.2 Å². The first-order valence-corrected chi connectivity index (χ1v) is 5.22. The number of fused-ring (bicyclic) bond motifs is 1. The van der Waals surface area contributed by atoms with Crippen molar-refractivity contribution in [2.75, 3.05) is 37.0 Å². The molecule has 0 radical (unpaired) electrons. The minimum atomic E-state index is -0.331. The molecule has 0 aromatic heterocycles. The van der Waals surface area contributed by atoms with Crippen molar-refractivity contribution < 1.29 is 5.11 Å². The Hall–Kier alpha value is -1.26. The summed E-state index contributed by atoms with van der Waals surface area (Å²) in [6, 6.07) is 8.16. The summed E-state index contributed by atoms with van der Waals surface area (Å²) in [6.07, 6.45) is -0.331. The highest BCUT2D eigenvalue weighted by Crippen LogP contribution is 2.30. The Morgan fingerprint density at radius 1 is 1.53 bits per heavy atom. The lowest BCUT2D eigenvalue weighted by atomic mass is 10.2. The molecule has 2 rings (SSSR count). The molecule has 82 valence electrons. The van der Waals surface area contributed by atoms with Crippen molar-refractivity contribution in [3.8, 4) is 0 Å². The molecule has 0 bridgehead atoms. The van der Waals surface area contributed by atoms with Crippen molar-refractivity contribution in [3.63, 3.8) is 0 Å². The van der Waals surface area contributed by atoms with E-state index >= 15 is 0 Å². The molecule has 0 spiro atoms. The van der Waals surface area contributed by atoms with E-state index in [1.54, 1.807) is 0 Å². The second-order valence-corrected chi connectivity index (χ2v) is 3.79. The lowest BCUT2D eigenvalue weighted by Gasteiger charge is -2.21. The molecule has 15 heavy (non-hydrogen) atoms. The fourth-order valence-corrected chi connectivity index (χ4v) is 1.88. The molecule has 1 aromatic carbocycles. The number of β-amino-alcohol motifs (C(OH)–C–C–N with tert-alkyl or cyclic N) is 1. The molecule has 0 aliphatic carbocycles. The maximum atomic E-state index is 9.70. The summed E-state index contributed by atoms with van der Waals surface area (Å²) < 4.78 is 0. The summed E-state index contributed by atoms with van der Waals surface area (Å²) in [4.78, 5) is 2.15. The zero-order valence-electron chi connectivity index (χ0n) is 8.90. The second kappa shape index (κ2) is 4.51. The van der Waals surface area contributed by atoms with Gasteiger partial charge in [0, 0.05) is 13.1 Å². The minimum Gasteiger partial charge on any atom is -0.390 e. The maximum absolute atomic E-state index is 9.70. The molecule has 4 nitrogen and oxygen atoms in total. The van der Waals surface area contributed by atoms with E-state index in [0.717, 1.165) is 12.4 Å². The van der Waals surface area contributed by atoms with Crippen molar-refractivity contribution in [1.82, 2.24) is 5.32 Å². The fraction of sp³-hybridized carbons (Fsp3) is 0.455. The summed E-state index contributed by atoms with van der Waals surface area (Å²) in [5.74, 6) is 0. The van der Waals surface area contributed by atoms with Gasteiger partial charge in [-0.2, -0.15) is 0 Å². The molecule has 0 saturated carbocycles. The molecule has 0 saturated heterocycles. The summed E-state index contributed by atoms with van der Waals surface area (Å²) in [7, 11) is 1.85. The Morgan fingerprint density at radius 2 is 2.33 bits per heavy atom. The average molecular weight is 207 g/mol. The monoisotopic (exact) mass is 207 g/mol. The number of para-hydroxylation sites is 2. The van der Waals surface area contributed by atoms with Crippen molar-refractivity contribution in [1.29, 1.82) is 0 Å². The van der Waals surface area contributed by atoms with Crippen LogP contribution in [-0.4, -0.2) is 38.0 Å². The van der Waals surface area contributed by atoms with Gasteiger partial charge in [0.15, 0.2) is 0 Å². The van der Waals surface area contributed by atoms with E-state index in [1.807, 2.05) is 19.2 Å². The molecular weight excluding hydrogens is 190 g/mol. The molecule has 1 aliphatic heterocycles. The Kier molecular flexibility index (Phi) is 3.08. The van der Waals surface area contributed by atoms with Crippen LogP contribution in [0.4, 0.5) is 11.4 Å². The summed E-state index contributed by atoms with van der Waals surface area (Å²) in [5.41, 5.74) is 2.32. The number of hydrogen-bond acceptors (Lipinski definition) is 4. The maximum Gasteiger partial charge on any atom is 0.0878 e. The molecule has 0 amide bonds. The zero-order chi connectivity index (χ0) is 10.7. The van der Waals surface area contributed by atoms with Gasteiger partial charge in [0.05, 0.1) is 24.1 Å². The van der Waals surface area contributed by atoms with Gasteiger partial charge >= 0.3 is 0 Å².